The van der Waals surface area contributed by atoms with E-state index in [1.54, 1.807) is 0 Å². The molecule has 3 nitrogen and oxygen atoms in total. The highest BCUT2D eigenvalue weighted by Crippen LogP contribution is 2.32. The van der Waals surface area contributed by atoms with Crippen molar-refractivity contribution in [2.75, 3.05) is 20.4 Å². The van der Waals surface area contributed by atoms with Crippen LogP contribution in [0.4, 0.5) is 0 Å². The third-order valence-corrected chi connectivity index (χ3v) is 2.33. The number of halogens is 1. The lowest BCUT2D eigenvalue weighted by Crippen LogP contribution is -2.08. The molecule has 15 heavy (non-hydrogen) atoms. The second kappa shape index (κ2) is 5.98. The number of hydrogen-bond acceptors (Lipinski definition) is 3. The number of nitrogens with one attached hydrogen (secondary N) is 1. The fourth-order valence-corrected chi connectivity index (χ4v) is 1.57. The van der Waals surface area contributed by atoms with Crippen LogP contribution in [-0.4, -0.2) is 20.4 Å². The molecule has 4 heteroatoms. The molecular formula is C11H16BrNO2. The van der Waals surface area contributed by atoms with Gasteiger partial charge < -0.3 is 14.8 Å². The molecule has 0 saturated carbocycles. The lowest BCUT2D eigenvalue weighted by Gasteiger charge is -2.02. The number of ether oxygens (including phenoxy) is 2. The van der Waals surface area contributed by atoms with Crippen molar-refractivity contribution in [3.63, 3.8) is 0 Å². The van der Waals surface area contributed by atoms with Gasteiger partial charge >= 0.3 is 0 Å². The van der Waals surface area contributed by atoms with Gasteiger partial charge in [-0.3, -0.25) is 0 Å². The van der Waals surface area contributed by atoms with Gasteiger partial charge in [0, 0.05) is 0 Å². The minimum Gasteiger partial charge on any atom is -0.454 e. The quantitative estimate of drug-likeness (QED) is 0.853. The van der Waals surface area contributed by atoms with Crippen LogP contribution in [0, 0.1) is 0 Å². The first-order valence-corrected chi connectivity index (χ1v) is 4.93. The number of rotatable bonds is 4. The largest absolute Gasteiger partial charge is 0.454 e. The van der Waals surface area contributed by atoms with Crippen LogP contribution < -0.4 is 14.8 Å². The topological polar surface area (TPSA) is 30.5 Å². The van der Waals surface area contributed by atoms with Crippen molar-refractivity contribution in [2.45, 2.75) is 12.8 Å². The van der Waals surface area contributed by atoms with Gasteiger partial charge in [-0.15, -0.1) is 17.0 Å². The fraction of sp³-hybridized carbons (Fsp3) is 0.455. The third-order valence-electron chi connectivity index (χ3n) is 2.33. The zero-order valence-electron chi connectivity index (χ0n) is 8.79. The SMILES string of the molecule is Br.CNCCCc1ccc2c(c1)OCO2. The van der Waals surface area contributed by atoms with E-state index in [0.717, 1.165) is 30.9 Å². The summed E-state index contributed by atoms with van der Waals surface area (Å²) in [5.74, 6) is 1.74. The van der Waals surface area contributed by atoms with E-state index in [4.69, 9.17) is 9.47 Å². The molecule has 0 bridgehead atoms. The normalized spacial score (nSPS) is 12.3. The average molecular weight is 274 g/mol. The summed E-state index contributed by atoms with van der Waals surface area (Å²) in [4.78, 5) is 0. The van der Waals surface area contributed by atoms with E-state index < -0.39 is 0 Å². The zero-order chi connectivity index (χ0) is 9.80. The van der Waals surface area contributed by atoms with Gasteiger partial charge in [-0.05, 0) is 44.1 Å². The molecule has 84 valence electrons. The summed E-state index contributed by atoms with van der Waals surface area (Å²) in [6, 6.07) is 6.15. The fourth-order valence-electron chi connectivity index (χ4n) is 1.57. The molecule has 0 saturated heterocycles. The molecule has 0 unspecified atom stereocenters. The van der Waals surface area contributed by atoms with E-state index >= 15 is 0 Å². The van der Waals surface area contributed by atoms with Crippen LogP contribution in [0.25, 0.3) is 0 Å². The number of aryl methyl sites for hydroxylation is 1. The maximum atomic E-state index is 5.31. The van der Waals surface area contributed by atoms with Crippen molar-refractivity contribution >= 4 is 17.0 Å². The lowest BCUT2D eigenvalue weighted by molar-refractivity contribution is 0.174. The Morgan fingerprint density at radius 2 is 2.07 bits per heavy atom. The molecule has 1 aliphatic rings. The summed E-state index contributed by atoms with van der Waals surface area (Å²) < 4.78 is 10.6. The second-order valence-electron chi connectivity index (χ2n) is 3.39. The molecule has 1 aromatic carbocycles. The Morgan fingerprint density at radius 3 is 2.87 bits per heavy atom. The van der Waals surface area contributed by atoms with Crippen molar-refractivity contribution in [2.24, 2.45) is 0 Å². The van der Waals surface area contributed by atoms with Crippen LogP contribution in [0.1, 0.15) is 12.0 Å². The van der Waals surface area contributed by atoms with Crippen molar-refractivity contribution in [3.8, 4) is 11.5 Å². The first-order valence-electron chi connectivity index (χ1n) is 4.93. The van der Waals surface area contributed by atoms with Gasteiger partial charge in [0.25, 0.3) is 0 Å². The van der Waals surface area contributed by atoms with Gasteiger partial charge in [0.15, 0.2) is 11.5 Å². The van der Waals surface area contributed by atoms with Gasteiger partial charge in [0.2, 0.25) is 6.79 Å². The van der Waals surface area contributed by atoms with Crippen molar-refractivity contribution in [3.05, 3.63) is 23.8 Å². The van der Waals surface area contributed by atoms with Crippen LogP contribution in [0.15, 0.2) is 18.2 Å². The molecule has 0 atom stereocenters. The molecular weight excluding hydrogens is 258 g/mol. The molecule has 0 amide bonds. The highest BCUT2D eigenvalue weighted by molar-refractivity contribution is 8.93. The summed E-state index contributed by atoms with van der Waals surface area (Å²) in [7, 11) is 1.97. The number of hydrogen-bond donors (Lipinski definition) is 1. The van der Waals surface area contributed by atoms with E-state index in [9.17, 15) is 0 Å². The van der Waals surface area contributed by atoms with Gasteiger partial charge in [0.1, 0.15) is 0 Å². The van der Waals surface area contributed by atoms with E-state index in [-0.39, 0.29) is 17.0 Å². The van der Waals surface area contributed by atoms with Crippen LogP contribution in [-0.2, 0) is 6.42 Å². The number of fused-ring (bicyclic) bond motifs is 1. The van der Waals surface area contributed by atoms with Crippen LogP contribution in [0.5, 0.6) is 11.5 Å². The summed E-state index contributed by atoms with van der Waals surface area (Å²) in [6.45, 7) is 1.41. The van der Waals surface area contributed by atoms with Gasteiger partial charge in [0.05, 0.1) is 0 Å². The molecule has 0 aliphatic carbocycles. The maximum Gasteiger partial charge on any atom is 0.231 e. The first kappa shape index (κ1) is 12.3. The Labute approximate surface area is 101 Å². The Kier molecular flexibility index (Phi) is 4.91. The standard InChI is InChI=1S/C11H15NO2.BrH/c1-12-6-2-3-9-4-5-10-11(7-9)14-8-13-10;/h4-5,7,12H,2-3,6,8H2,1H3;1H. The zero-order valence-corrected chi connectivity index (χ0v) is 10.5. The monoisotopic (exact) mass is 273 g/mol. The minimum absolute atomic E-state index is 0. The smallest absolute Gasteiger partial charge is 0.231 e. The first-order chi connectivity index (χ1) is 6.90. The summed E-state index contributed by atoms with van der Waals surface area (Å²) in [5.41, 5.74) is 1.31. The Hall–Kier alpha value is -0.740. The Bertz CT molecular complexity index is 317. The molecule has 1 heterocycles. The summed E-state index contributed by atoms with van der Waals surface area (Å²) in [5, 5.41) is 3.13. The Balaban J connectivity index is 0.00000112. The number of benzene rings is 1. The van der Waals surface area contributed by atoms with Crippen LogP contribution in [0.3, 0.4) is 0 Å². The predicted octanol–water partition coefficient (Wildman–Crippen LogP) is 2.15. The van der Waals surface area contributed by atoms with Crippen molar-refractivity contribution in [1.82, 2.24) is 5.32 Å². The molecule has 0 fully saturated rings. The highest BCUT2D eigenvalue weighted by atomic mass is 79.9. The molecule has 0 spiro atoms. The molecule has 1 aromatic rings. The summed E-state index contributed by atoms with van der Waals surface area (Å²) in [6.07, 6.45) is 2.23. The lowest BCUT2D eigenvalue weighted by atomic mass is 10.1. The molecule has 1 aliphatic heterocycles. The van der Waals surface area contributed by atoms with Crippen LogP contribution >= 0.6 is 17.0 Å². The molecule has 0 radical (unpaired) electrons. The van der Waals surface area contributed by atoms with E-state index in [1.807, 2.05) is 13.1 Å². The average Bonchev–Trinajstić information content (AvgIpc) is 2.65. The van der Waals surface area contributed by atoms with Crippen molar-refractivity contribution in [1.29, 1.82) is 0 Å². The van der Waals surface area contributed by atoms with E-state index in [1.165, 1.54) is 5.56 Å². The molecule has 2 rings (SSSR count). The molecule has 1 N–H and O–H groups in total. The third kappa shape index (κ3) is 3.11. The van der Waals surface area contributed by atoms with Crippen molar-refractivity contribution < 1.29 is 9.47 Å². The van der Waals surface area contributed by atoms with E-state index in [2.05, 4.69) is 17.4 Å². The van der Waals surface area contributed by atoms with Gasteiger partial charge in [-0.25, -0.2) is 0 Å². The van der Waals surface area contributed by atoms with Gasteiger partial charge in [-0.1, -0.05) is 6.07 Å². The second-order valence-corrected chi connectivity index (χ2v) is 3.39. The minimum atomic E-state index is 0. The summed E-state index contributed by atoms with van der Waals surface area (Å²) >= 11 is 0. The highest BCUT2D eigenvalue weighted by Gasteiger charge is 2.12. The van der Waals surface area contributed by atoms with E-state index in [0.29, 0.717) is 6.79 Å². The molecule has 0 aromatic heterocycles. The van der Waals surface area contributed by atoms with Crippen LogP contribution in [0.2, 0.25) is 0 Å². The maximum absolute atomic E-state index is 5.31. The Morgan fingerprint density at radius 1 is 1.27 bits per heavy atom. The van der Waals surface area contributed by atoms with Gasteiger partial charge in [-0.2, -0.15) is 0 Å². The predicted molar refractivity (Wildman–Crippen MR) is 65.1 cm³/mol.